The van der Waals surface area contributed by atoms with Gasteiger partial charge in [-0.2, -0.15) is 0 Å². The maximum Gasteiger partial charge on any atom is 0.0575 e. The van der Waals surface area contributed by atoms with Gasteiger partial charge in [0.25, 0.3) is 0 Å². The second-order valence-corrected chi connectivity index (χ2v) is 6.33. The minimum atomic E-state index is 0.362. The van der Waals surface area contributed by atoms with Gasteiger partial charge in [-0.05, 0) is 23.8 Å². The summed E-state index contributed by atoms with van der Waals surface area (Å²) < 4.78 is 0. The molecule has 2 nitrogen and oxygen atoms in total. The Morgan fingerprint density at radius 2 is 2.11 bits per heavy atom. The van der Waals surface area contributed by atoms with Gasteiger partial charge in [0.2, 0.25) is 0 Å². The summed E-state index contributed by atoms with van der Waals surface area (Å²) in [5.41, 5.74) is 2.38. The highest BCUT2D eigenvalue weighted by Gasteiger charge is 2.32. The topological polar surface area (TPSA) is 15.3 Å². The largest absolute Gasteiger partial charge is 0.378 e. The Hall–Kier alpha value is -1.19. The number of hydrogen-bond acceptors (Lipinski definition) is 3. The fraction of sp³-hybridized carbons (Fsp3) is 0.333. The molecule has 94 valence electrons. The van der Waals surface area contributed by atoms with Gasteiger partial charge in [0.15, 0.2) is 0 Å². The molecule has 3 atom stereocenters. The summed E-state index contributed by atoms with van der Waals surface area (Å²) in [4.78, 5) is 3.54. The van der Waals surface area contributed by atoms with Crippen molar-refractivity contribution in [2.24, 2.45) is 0 Å². The van der Waals surface area contributed by atoms with Gasteiger partial charge in [0, 0.05) is 36.0 Å². The fourth-order valence-electron chi connectivity index (χ4n) is 2.44. The molecule has 1 fully saturated rings. The van der Waals surface area contributed by atoms with Gasteiger partial charge in [0.1, 0.15) is 0 Å². The van der Waals surface area contributed by atoms with Crippen molar-refractivity contribution in [3.63, 3.8) is 0 Å². The third-order valence-electron chi connectivity index (χ3n) is 3.46. The van der Waals surface area contributed by atoms with Gasteiger partial charge in [-0.3, -0.25) is 5.32 Å². The maximum atomic E-state index is 4.01. The Kier molecular flexibility index (Phi) is 2.96. The van der Waals surface area contributed by atoms with Crippen molar-refractivity contribution in [2.75, 3.05) is 14.1 Å². The summed E-state index contributed by atoms with van der Waals surface area (Å²) in [5.74, 6) is 0. The standard InChI is InChI=1S/C15H18N2S/c1-10-4-6-12-14(8-10)18-15-9-11(17(2)3)5-7-13(15)16-12/h4-9,12-13,15-16H,1H2,2-3H3. The molecule has 0 amide bonds. The van der Waals surface area contributed by atoms with Crippen LogP contribution >= 0.6 is 11.8 Å². The zero-order valence-electron chi connectivity index (χ0n) is 10.8. The van der Waals surface area contributed by atoms with Gasteiger partial charge in [0.05, 0.1) is 6.04 Å². The van der Waals surface area contributed by atoms with E-state index in [-0.39, 0.29) is 0 Å². The second kappa shape index (κ2) is 4.48. The molecule has 1 saturated heterocycles. The van der Waals surface area contributed by atoms with Crippen LogP contribution in [0, 0.1) is 0 Å². The lowest BCUT2D eigenvalue weighted by molar-refractivity contribution is 0.507. The average molecular weight is 258 g/mol. The first-order chi connectivity index (χ1) is 8.63. The lowest BCUT2D eigenvalue weighted by Gasteiger charge is -2.38. The zero-order chi connectivity index (χ0) is 12.7. The van der Waals surface area contributed by atoms with E-state index in [0.717, 1.165) is 5.57 Å². The number of likely N-dealkylation sites (N-methyl/N-ethyl adjacent to an activating group) is 1. The van der Waals surface area contributed by atoms with Gasteiger partial charge >= 0.3 is 0 Å². The normalized spacial score (nSPS) is 33.4. The molecule has 0 aromatic carbocycles. The van der Waals surface area contributed by atoms with Crippen LogP contribution in [0.1, 0.15) is 0 Å². The third-order valence-corrected chi connectivity index (χ3v) is 4.81. The molecule has 1 aliphatic heterocycles. The number of fused-ring (bicyclic) bond motifs is 2. The highest BCUT2D eigenvalue weighted by Crippen LogP contribution is 2.38. The van der Waals surface area contributed by atoms with E-state index in [0.29, 0.717) is 17.3 Å². The van der Waals surface area contributed by atoms with E-state index >= 15 is 0 Å². The number of hydrogen-bond donors (Lipinski definition) is 1. The fourth-order valence-corrected chi connectivity index (χ4v) is 3.79. The molecular weight excluding hydrogens is 240 g/mol. The Labute approximate surface area is 113 Å². The van der Waals surface area contributed by atoms with Crippen molar-refractivity contribution < 1.29 is 0 Å². The molecule has 0 saturated carbocycles. The Morgan fingerprint density at radius 3 is 2.89 bits per heavy atom. The summed E-state index contributed by atoms with van der Waals surface area (Å²) in [7, 11) is 4.18. The van der Waals surface area contributed by atoms with Crippen LogP contribution in [0.4, 0.5) is 0 Å². The molecule has 3 unspecified atom stereocenters. The van der Waals surface area contributed by atoms with Crippen LogP contribution in [0.15, 0.2) is 59.2 Å². The molecule has 18 heavy (non-hydrogen) atoms. The number of nitrogens with zero attached hydrogens (tertiary/aromatic N) is 1. The summed E-state index contributed by atoms with van der Waals surface area (Å²) >= 11 is 1.96. The first-order valence-electron chi connectivity index (χ1n) is 6.22. The van der Waals surface area contributed by atoms with E-state index in [4.69, 9.17) is 0 Å². The lowest BCUT2D eigenvalue weighted by Crippen LogP contribution is -2.48. The molecule has 0 bridgehead atoms. The molecule has 0 spiro atoms. The highest BCUT2D eigenvalue weighted by molar-refractivity contribution is 8.04. The molecule has 3 heteroatoms. The van der Waals surface area contributed by atoms with E-state index in [1.54, 1.807) is 0 Å². The summed E-state index contributed by atoms with van der Waals surface area (Å²) in [5, 5.41) is 4.15. The number of nitrogens with one attached hydrogen (secondary N) is 1. The number of allylic oxidation sites excluding steroid dienone is 4. The molecule has 0 aromatic rings. The molecule has 1 N–H and O–H groups in total. The lowest BCUT2D eigenvalue weighted by atomic mass is 10.0. The molecule has 3 aliphatic rings. The molecule has 0 aromatic heterocycles. The smallest absolute Gasteiger partial charge is 0.0575 e. The van der Waals surface area contributed by atoms with Gasteiger partial charge in [-0.1, -0.05) is 24.8 Å². The maximum absolute atomic E-state index is 4.01. The van der Waals surface area contributed by atoms with Crippen molar-refractivity contribution in [1.29, 1.82) is 0 Å². The molecule has 3 rings (SSSR count). The summed E-state index contributed by atoms with van der Waals surface area (Å²) in [6, 6.07) is 0.789. The highest BCUT2D eigenvalue weighted by atomic mass is 32.2. The molecule has 0 radical (unpaired) electrons. The minimum Gasteiger partial charge on any atom is -0.378 e. The third kappa shape index (κ3) is 2.08. The van der Waals surface area contributed by atoms with Crippen LogP contribution in [-0.4, -0.2) is 36.3 Å². The monoisotopic (exact) mass is 258 g/mol. The van der Waals surface area contributed by atoms with Crippen LogP contribution in [0.25, 0.3) is 0 Å². The Balaban J connectivity index is 1.85. The Bertz CT molecular complexity index is 497. The molecule has 1 heterocycles. The molecular formula is C15H18N2S. The number of rotatable bonds is 1. The van der Waals surface area contributed by atoms with Crippen LogP contribution in [0.3, 0.4) is 0 Å². The van der Waals surface area contributed by atoms with E-state index in [1.807, 2.05) is 11.8 Å². The van der Waals surface area contributed by atoms with E-state index in [1.165, 1.54) is 10.6 Å². The predicted octanol–water partition coefficient (Wildman–Crippen LogP) is 2.45. The van der Waals surface area contributed by atoms with Crippen molar-refractivity contribution >= 4 is 11.8 Å². The van der Waals surface area contributed by atoms with Crippen molar-refractivity contribution in [2.45, 2.75) is 17.3 Å². The van der Waals surface area contributed by atoms with Gasteiger partial charge in [-0.25, -0.2) is 0 Å². The van der Waals surface area contributed by atoms with Gasteiger partial charge < -0.3 is 4.90 Å². The van der Waals surface area contributed by atoms with Crippen molar-refractivity contribution in [3.8, 4) is 0 Å². The van der Waals surface area contributed by atoms with Crippen LogP contribution < -0.4 is 5.32 Å². The van der Waals surface area contributed by atoms with Gasteiger partial charge in [-0.15, -0.1) is 11.8 Å². The summed E-state index contributed by atoms with van der Waals surface area (Å²) in [6.07, 6.45) is 13.3. The first-order valence-corrected chi connectivity index (χ1v) is 7.10. The van der Waals surface area contributed by atoms with E-state index in [2.05, 4.69) is 67.3 Å². The molecule has 2 aliphatic carbocycles. The van der Waals surface area contributed by atoms with E-state index < -0.39 is 0 Å². The average Bonchev–Trinajstić information content (AvgIpc) is 2.35. The summed E-state index contributed by atoms with van der Waals surface area (Å²) in [6.45, 7) is 4.01. The van der Waals surface area contributed by atoms with Crippen molar-refractivity contribution in [1.82, 2.24) is 10.2 Å². The van der Waals surface area contributed by atoms with Crippen molar-refractivity contribution in [3.05, 3.63) is 59.2 Å². The first kappa shape index (κ1) is 11.9. The predicted molar refractivity (Wildman–Crippen MR) is 79.4 cm³/mol. The Morgan fingerprint density at radius 1 is 1.28 bits per heavy atom. The van der Waals surface area contributed by atoms with E-state index in [9.17, 15) is 0 Å². The second-order valence-electron chi connectivity index (χ2n) is 5.08. The van der Waals surface area contributed by atoms with Crippen LogP contribution in [-0.2, 0) is 0 Å². The van der Waals surface area contributed by atoms with Crippen LogP contribution in [0.2, 0.25) is 0 Å². The SMILES string of the molecule is C=C1C=CC2NC3C=CC(N(C)C)=CC3SC2=C1. The quantitative estimate of drug-likeness (QED) is 0.778. The number of thioether (sulfide) groups is 1. The van der Waals surface area contributed by atoms with Crippen LogP contribution in [0.5, 0.6) is 0 Å². The minimum absolute atomic E-state index is 0.362. The zero-order valence-corrected chi connectivity index (χ0v) is 11.6.